The summed E-state index contributed by atoms with van der Waals surface area (Å²) in [5.74, 6) is 0. The van der Waals surface area contributed by atoms with Gasteiger partial charge in [-0.25, -0.2) is 4.79 Å². The molecule has 0 aliphatic rings. The van der Waals surface area contributed by atoms with Gasteiger partial charge in [-0.2, -0.15) is 17.6 Å². The predicted molar refractivity (Wildman–Crippen MR) is 23.9 cm³/mol. The van der Waals surface area contributed by atoms with Crippen LogP contribution >= 0.6 is 11.6 Å². The first-order chi connectivity index (χ1) is 4.31. The van der Waals surface area contributed by atoms with Crippen molar-refractivity contribution in [2.75, 3.05) is 0 Å². The van der Waals surface area contributed by atoms with Crippen LogP contribution in [0.4, 0.5) is 17.6 Å². The number of nitrogens with zero attached hydrogens (tertiary/aromatic N) is 1. The smallest absolute Gasteiger partial charge is 0.211 e. The summed E-state index contributed by atoms with van der Waals surface area (Å²) < 4.78 is 46.1. The van der Waals surface area contributed by atoms with Crippen LogP contribution in [0.2, 0.25) is 0 Å². The Morgan fingerprint density at radius 3 is 1.80 bits per heavy atom. The molecule has 0 N–H and O–H groups in total. The number of halogens is 5. The van der Waals surface area contributed by atoms with Crippen LogP contribution in [0.1, 0.15) is 0 Å². The van der Waals surface area contributed by atoms with Crippen molar-refractivity contribution >= 4 is 17.7 Å². The average Bonchev–Trinajstić information content (AvgIpc) is 1.61. The van der Waals surface area contributed by atoms with E-state index in [1.54, 1.807) is 0 Å². The molecule has 0 aromatic carbocycles. The summed E-state index contributed by atoms with van der Waals surface area (Å²) in [6.07, 6.45) is 0.275. The van der Waals surface area contributed by atoms with Crippen LogP contribution in [0.15, 0.2) is 4.99 Å². The third-order valence-electron chi connectivity index (χ3n) is 0.527. The van der Waals surface area contributed by atoms with E-state index in [9.17, 15) is 17.6 Å². The van der Waals surface area contributed by atoms with Crippen molar-refractivity contribution in [2.45, 2.75) is 11.4 Å². The molecule has 0 radical (unpaired) electrons. The van der Waals surface area contributed by atoms with Crippen molar-refractivity contribution in [1.29, 1.82) is 0 Å². The SMILES string of the molecule is O=C=NC(F)(F)C(F)(F)Cl. The fourth-order valence-electron chi connectivity index (χ4n) is 0.121. The second-order valence-corrected chi connectivity index (χ2v) is 1.72. The first-order valence-electron chi connectivity index (χ1n) is 1.85. The summed E-state index contributed by atoms with van der Waals surface area (Å²) >= 11 is 3.85. The van der Waals surface area contributed by atoms with Crippen LogP contribution in [0.25, 0.3) is 0 Å². The number of hydrogen-bond acceptors (Lipinski definition) is 2. The van der Waals surface area contributed by atoms with Gasteiger partial charge in [0, 0.05) is 0 Å². The van der Waals surface area contributed by atoms with E-state index >= 15 is 0 Å². The van der Waals surface area contributed by atoms with Gasteiger partial charge in [-0.3, -0.25) is 0 Å². The van der Waals surface area contributed by atoms with E-state index in [1.165, 1.54) is 4.99 Å². The molecule has 2 nitrogen and oxygen atoms in total. The molecular weight excluding hydrogens is 177 g/mol. The molecule has 0 bridgehead atoms. The lowest BCUT2D eigenvalue weighted by Crippen LogP contribution is -2.32. The second-order valence-electron chi connectivity index (χ2n) is 1.24. The summed E-state index contributed by atoms with van der Waals surface area (Å²) in [6.45, 7) is 0. The van der Waals surface area contributed by atoms with Crippen molar-refractivity contribution in [3.8, 4) is 0 Å². The van der Waals surface area contributed by atoms with Gasteiger partial charge in [0.25, 0.3) is 0 Å². The Morgan fingerprint density at radius 2 is 1.70 bits per heavy atom. The van der Waals surface area contributed by atoms with Gasteiger partial charge in [-0.1, -0.05) is 0 Å². The van der Waals surface area contributed by atoms with Gasteiger partial charge < -0.3 is 0 Å². The minimum atomic E-state index is -4.88. The molecule has 0 saturated carbocycles. The Balaban J connectivity index is 4.56. The largest absolute Gasteiger partial charge is 0.429 e. The molecule has 58 valence electrons. The normalized spacial score (nSPS) is 12.5. The molecule has 0 rings (SSSR count). The fourth-order valence-corrected chi connectivity index (χ4v) is 0.163. The minimum absolute atomic E-state index is 0.275. The zero-order chi connectivity index (χ0) is 8.41. The van der Waals surface area contributed by atoms with Crippen LogP contribution in [-0.2, 0) is 4.79 Å². The molecule has 0 unspecified atom stereocenters. The number of carbonyl (C=O) groups excluding carboxylic acids is 1. The number of aliphatic imine (C=N–C) groups is 1. The first-order valence-corrected chi connectivity index (χ1v) is 2.22. The van der Waals surface area contributed by atoms with E-state index in [0.29, 0.717) is 0 Å². The maximum Gasteiger partial charge on any atom is 0.429 e. The van der Waals surface area contributed by atoms with Crippen LogP contribution < -0.4 is 0 Å². The Hall–Kier alpha value is -0.610. The number of hydrogen-bond donors (Lipinski definition) is 0. The molecule has 0 spiro atoms. The van der Waals surface area contributed by atoms with E-state index in [2.05, 4.69) is 11.6 Å². The van der Waals surface area contributed by atoms with Gasteiger partial charge in [0.1, 0.15) is 0 Å². The molecule has 0 aliphatic heterocycles. The molecule has 0 saturated heterocycles. The molecule has 0 aromatic rings. The van der Waals surface area contributed by atoms with Crippen molar-refractivity contribution in [3.63, 3.8) is 0 Å². The molecule has 0 aliphatic carbocycles. The highest BCUT2D eigenvalue weighted by Crippen LogP contribution is 2.38. The first kappa shape index (κ1) is 9.39. The summed E-state index contributed by atoms with van der Waals surface area (Å²) in [5.41, 5.74) is 0. The van der Waals surface area contributed by atoms with Crippen molar-refractivity contribution < 1.29 is 22.4 Å². The van der Waals surface area contributed by atoms with E-state index in [0.717, 1.165) is 0 Å². The summed E-state index contributed by atoms with van der Waals surface area (Å²) in [7, 11) is 0. The molecule has 7 heteroatoms. The zero-order valence-electron chi connectivity index (χ0n) is 4.25. The topological polar surface area (TPSA) is 29.4 Å². The average molecular weight is 177 g/mol. The molecular formula is C3ClF4NO. The monoisotopic (exact) mass is 177 g/mol. The standard InChI is InChI=1S/C3ClF4NO/c4-2(5,6)3(7,8)9-1-10. The Labute approximate surface area is 57.5 Å². The lowest BCUT2D eigenvalue weighted by molar-refractivity contribution is -0.150. The highest BCUT2D eigenvalue weighted by Gasteiger charge is 2.55. The van der Waals surface area contributed by atoms with E-state index in [4.69, 9.17) is 4.79 Å². The van der Waals surface area contributed by atoms with Crippen molar-refractivity contribution in [2.24, 2.45) is 4.99 Å². The molecule has 0 atom stereocenters. The van der Waals surface area contributed by atoms with Gasteiger partial charge in [0.2, 0.25) is 6.08 Å². The Kier molecular flexibility index (Phi) is 2.40. The second kappa shape index (κ2) is 2.56. The van der Waals surface area contributed by atoms with Crippen LogP contribution in [0.5, 0.6) is 0 Å². The molecule has 0 amide bonds. The summed E-state index contributed by atoms with van der Waals surface area (Å²) in [5, 5.41) is -4.84. The highest BCUT2D eigenvalue weighted by atomic mass is 35.5. The Bertz CT molecular complexity index is 170. The van der Waals surface area contributed by atoms with Crippen LogP contribution in [-0.4, -0.2) is 17.5 Å². The maximum atomic E-state index is 11.6. The number of isocyanates is 1. The molecule has 0 fully saturated rings. The van der Waals surface area contributed by atoms with Gasteiger partial charge >= 0.3 is 11.4 Å². The minimum Gasteiger partial charge on any atom is -0.211 e. The molecule has 0 heterocycles. The summed E-state index contributed by atoms with van der Waals surface area (Å²) in [4.78, 5) is 10.6. The van der Waals surface area contributed by atoms with Gasteiger partial charge in [-0.15, -0.1) is 4.99 Å². The number of alkyl halides is 5. The lowest BCUT2D eigenvalue weighted by atomic mass is 10.6. The van der Waals surface area contributed by atoms with E-state index in [1.807, 2.05) is 0 Å². The zero-order valence-corrected chi connectivity index (χ0v) is 5.00. The van der Waals surface area contributed by atoms with Crippen molar-refractivity contribution in [1.82, 2.24) is 0 Å². The maximum absolute atomic E-state index is 11.6. The third-order valence-corrected chi connectivity index (χ3v) is 0.754. The van der Waals surface area contributed by atoms with Crippen LogP contribution in [0.3, 0.4) is 0 Å². The predicted octanol–water partition coefficient (Wildman–Crippen LogP) is 1.75. The van der Waals surface area contributed by atoms with E-state index in [-0.39, 0.29) is 6.08 Å². The molecule has 0 aromatic heterocycles. The van der Waals surface area contributed by atoms with Gasteiger partial charge in [0.05, 0.1) is 0 Å². The van der Waals surface area contributed by atoms with Gasteiger partial charge in [-0.05, 0) is 11.6 Å². The highest BCUT2D eigenvalue weighted by molar-refractivity contribution is 6.22. The van der Waals surface area contributed by atoms with Crippen LogP contribution in [0, 0.1) is 0 Å². The Morgan fingerprint density at radius 1 is 1.30 bits per heavy atom. The molecule has 10 heavy (non-hydrogen) atoms. The van der Waals surface area contributed by atoms with Gasteiger partial charge in [0.15, 0.2) is 0 Å². The van der Waals surface area contributed by atoms with Crippen molar-refractivity contribution in [3.05, 3.63) is 0 Å². The lowest BCUT2D eigenvalue weighted by Gasteiger charge is -2.13. The van der Waals surface area contributed by atoms with E-state index < -0.39 is 11.4 Å². The quantitative estimate of drug-likeness (QED) is 0.208. The fraction of sp³-hybridized carbons (Fsp3) is 0.667. The summed E-state index contributed by atoms with van der Waals surface area (Å²) in [6, 6.07) is -4.88. The number of rotatable bonds is 2. The third kappa shape index (κ3) is 1.97.